The number of hydrogen-bond acceptors (Lipinski definition) is 0. The van der Waals surface area contributed by atoms with Crippen LogP contribution in [0, 0.1) is 0 Å². The molecule has 4 aromatic carbocycles. The van der Waals surface area contributed by atoms with Crippen molar-refractivity contribution in [3.05, 3.63) is 96.0 Å². The zero-order valence-corrected chi connectivity index (χ0v) is 13.3. The monoisotopic (exact) mass is 314 g/mol. The van der Waals surface area contributed by atoms with E-state index in [4.69, 9.17) is 11.6 Å². The molecular weight excluding hydrogens is 300 g/mol. The second-order valence-corrected chi connectivity index (χ2v) is 6.06. The molecule has 0 heterocycles. The minimum Gasteiger partial charge on any atom is -0.0843 e. The molecule has 4 rings (SSSR count). The second kappa shape index (κ2) is 5.91. The molecule has 0 aliphatic heterocycles. The normalized spacial score (nSPS) is 10.8. The largest absolute Gasteiger partial charge is 0.0843 e. The molecule has 0 N–H and O–H groups in total. The first-order valence-electron chi connectivity index (χ1n) is 7.65. The second-order valence-electron chi connectivity index (χ2n) is 5.62. The molecule has 0 unspecified atom stereocenters. The molecule has 0 atom stereocenters. The first-order chi connectivity index (χ1) is 11.3. The minimum absolute atomic E-state index is 0.768. The molecule has 0 aliphatic rings. The smallest absolute Gasteiger partial charge is 0.0412 e. The Morgan fingerprint density at radius 3 is 1.57 bits per heavy atom. The summed E-state index contributed by atoms with van der Waals surface area (Å²) >= 11 is 6.17. The Bertz CT molecular complexity index is 957. The van der Waals surface area contributed by atoms with Gasteiger partial charge < -0.3 is 0 Å². The highest BCUT2D eigenvalue weighted by molar-refractivity contribution is 6.31. The summed E-state index contributed by atoms with van der Waals surface area (Å²) in [6.07, 6.45) is 0. The van der Waals surface area contributed by atoms with Crippen molar-refractivity contribution in [2.45, 2.75) is 0 Å². The first kappa shape index (κ1) is 14.0. The lowest BCUT2D eigenvalue weighted by Gasteiger charge is -2.13. The summed E-state index contributed by atoms with van der Waals surface area (Å²) in [5.74, 6) is 0. The van der Waals surface area contributed by atoms with Crippen LogP contribution in [0.4, 0.5) is 0 Å². The number of benzene rings is 4. The highest BCUT2D eigenvalue weighted by Crippen LogP contribution is 2.36. The van der Waals surface area contributed by atoms with Crippen molar-refractivity contribution in [1.82, 2.24) is 0 Å². The van der Waals surface area contributed by atoms with Crippen LogP contribution >= 0.6 is 11.6 Å². The van der Waals surface area contributed by atoms with Gasteiger partial charge in [-0.2, -0.15) is 0 Å². The third kappa shape index (κ3) is 2.74. The molecule has 0 nitrogen and oxygen atoms in total. The molecule has 0 radical (unpaired) electrons. The van der Waals surface area contributed by atoms with Crippen molar-refractivity contribution in [3.63, 3.8) is 0 Å². The highest BCUT2D eigenvalue weighted by atomic mass is 35.5. The van der Waals surface area contributed by atoms with Crippen molar-refractivity contribution in [1.29, 1.82) is 0 Å². The number of rotatable bonds is 2. The van der Waals surface area contributed by atoms with E-state index in [2.05, 4.69) is 66.7 Å². The SMILES string of the molecule is Clc1ccc2cc(-c3ccccc3)c(-c3ccccc3)cc2c1. The maximum Gasteiger partial charge on any atom is 0.0412 e. The van der Waals surface area contributed by atoms with Crippen LogP contribution in [0.5, 0.6) is 0 Å². The molecule has 1 heteroatoms. The van der Waals surface area contributed by atoms with E-state index in [9.17, 15) is 0 Å². The maximum absolute atomic E-state index is 6.17. The Balaban J connectivity index is 2.04. The molecule has 23 heavy (non-hydrogen) atoms. The molecule has 0 bridgehead atoms. The molecule has 0 saturated heterocycles. The van der Waals surface area contributed by atoms with Crippen molar-refractivity contribution < 1.29 is 0 Å². The summed E-state index contributed by atoms with van der Waals surface area (Å²) in [4.78, 5) is 0. The van der Waals surface area contributed by atoms with Gasteiger partial charge in [0.2, 0.25) is 0 Å². The maximum atomic E-state index is 6.17. The Kier molecular flexibility index (Phi) is 3.61. The van der Waals surface area contributed by atoms with Gasteiger partial charge in [-0.25, -0.2) is 0 Å². The van der Waals surface area contributed by atoms with Crippen molar-refractivity contribution in [2.24, 2.45) is 0 Å². The van der Waals surface area contributed by atoms with Gasteiger partial charge in [0.25, 0.3) is 0 Å². The van der Waals surface area contributed by atoms with Gasteiger partial charge in [0.05, 0.1) is 0 Å². The van der Waals surface area contributed by atoms with E-state index in [0.717, 1.165) is 10.4 Å². The number of halogens is 1. The summed E-state index contributed by atoms with van der Waals surface area (Å²) in [7, 11) is 0. The molecular formula is C22H15Cl. The molecule has 110 valence electrons. The van der Waals surface area contributed by atoms with Crippen LogP contribution in [0.3, 0.4) is 0 Å². The first-order valence-corrected chi connectivity index (χ1v) is 8.03. The molecule has 0 saturated carbocycles. The van der Waals surface area contributed by atoms with Crippen LogP contribution in [0.2, 0.25) is 5.02 Å². The number of hydrogen-bond donors (Lipinski definition) is 0. The molecule has 0 aromatic heterocycles. The van der Waals surface area contributed by atoms with E-state index in [-0.39, 0.29) is 0 Å². The Labute approximate surface area is 141 Å². The van der Waals surface area contributed by atoms with Gasteiger partial charge in [-0.3, -0.25) is 0 Å². The minimum atomic E-state index is 0.768. The van der Waals surface area contributed by atoms with Crippen LogP contribution in [0.1, 0.15) is 0 Å². The molecule has 0 spiro atoms. The Morgan fingerprint density at radius 2 is 1.00 bits per heavy atom. The van der Waals surface area contributed by atoms with E-state index in [1.54, 1.807) is 0 Å². The standard InChI is InChI=1S/C22H15Cl/c23-20-12-11-18-14-21(16-7-3-1-4-8-16)22(15-19(18)13-20)17-9-5-2-6-10-17/h1-15H. The zero-order chi connectivity index (χ0) is 15.6. The van der Waals surface area contributed by atoms with Crippen molar-refractivity contribution >= 4 is 22.4 Å². The summed E-state index contributed by atoms with van der Waals surface area (Å²) in [5.41, 5.74) is 4.91. The van der Waals surface area contributed by atoms with Gasteiger partial charge in [0, 0.05) is 5.02 Å². The quantitative estimate of drug-likeness (QED) is 0.380. The fourth-order valence-corrected chi connectivity index (χ4v) is 3.16. The molecule has 0 amide bonds. The van der Waals surface area contributed by atoms with E-state index >= 15 is 0 Å². The molecule has 0 fully saturated rings. The van der Waals surface area contributed by atoms with Gasteiger partial charge in [0.1, 0.15) is 0 Å². The van der Waals surface area contributed by atoms with Crippen LogP contribution in [-0.2, 0) is 0 Å². The van der Waals surface area contributed by atoms with E-state index in [1.165, 1.54) is 27.6 Å². The lowest BCUT2D eigenvalue weighted by atomic mass is 9.91. The van der Waals surface area contributed by atoms with Gasteiger partial charge in [-0.1, -0.05) is 78.3 Å². The van der Waals surface area contributed by atoms with Gasteiger partial charge in [0.15, 0.2) is 0 Å². The Hall–Kier alpha value is -2.57. The summed E-state index contributed by atoms with van der Waals surface area (Å²) in [6, 6.07) is 31.6. The summed E-state index contributed by atoms with van der Waals surface area (Å²) < 4.78 is 0. The topological polar surface area (TPSA) is 0 Å². The lowest BCUT2D eigenvalue weighted by molar-refractivity contribution is 1.60. The van der Waals surface area contributed by atoms with Crippen molar-refractivity contribution in [2.75, 3.05) is 0 Å². The fourth-order valence-electron chi connectivity index (χ4n) is 2.98. The molecule has 4 aromatic rings. The highest BCUT2D eigenvalue weighted by Gasteiger charge is 2.09. The predicted molar refractivity (Wildman–Crippen MR) is 99.8 cm³/mol. The lowest BCUT2D eigenvalue weighted by Crippen LogP contribution is -1.86. The van der Waals surface area contributed by atoms with Crippen molar-refractivity contribution in [3.8, 4) is 22.3 Å². The summed E-state index contributed by atoms with van der Waals surface area (Å²) in [5, 5.41) is 3.13. The van der Waals surface area contributed by atoms with E-state index in [1.807, 2.05) is 24.3 Å². The van der Waals surface area contributed by atoms with Gasteiger partial charge in [-0.05, 0) is 57.3 Å². The fraction of sp³-hybridized carbons (Fsp3) is 0. The predicted octanol–water partition coefficient (Wildman–Crippen LogP) is 6.83. The Morgan fingerprint density at radius 1 is 0.478 bits per heavy atom. The van der Waals surface area contributed by atoms with Crippen LogP contribution in [-0.4, -0.2) is 0 Å². The van der Waals surface area contributed by atoms with Gasteiger partial charge in [-0.15, -0.1) is 0 Å². The van der Waals surface area contributed by atoms with E-state index in [0.29, 0.717) is 0 Å². The average Bonchev–Trinajstić information content (AvgIpc) is 2.62. The van der Waals surface area contributed by atoms with Gasteiger partial charge >= 0.3 is 0 Å². The van der Waals surface area contributed by atoms with Crippen LogP contribution in [0.25, 0.3) is 33.0 Å². The van der Waals surface area contributed by atoms with Crippen LogP contribution < -0.4 is 0 Å². The zero-order valence-electron chi connectivity index (χ0n) is 12.5. The number of fused-ring (bicyclic) bond motifs is 1. The average molecular weight is 315 g/mol. The van der Waals surface area contributed by atoms with E-state index < -0.39 is 0 Å². The van der Waals surface area contributed by atoms with Crippen LogP contribution in [0.15, 0.2) is 91.0 Å². The summed E-state index contributed by atoms with van der Waals surface area (Å²) in [6.45, 7) is 0. The third-order valence-corrected chi connectivity index (χ3v) is 4.34. The molecule has 0 aliphatic carbocycles. The third-order valence-electron chi connectivity index (χ3n) is 4.11.